The summed E-state index contributed by atoms with van der Waals surface area (Å²) in [5.41, 5.74) is 0. The van der Waals surface area contributed by atoms with Crippen molar-refractivity contribution in [3.05, 3.63) is 36.5 Å². The molecule has 64 heavy (non-hydrogen) atoms. The van der Waals surface area contributed by atoms with E-state index in [2.05, 4.69) is 50.3 Å². The van der Waals surface area contributed by atoms with Crippen molar-refractivity contribution >= 4 is 11.9 Å². The van der Waals surface area contributed by atoms with E-state index in [4.69, 9.17) is 28.4 Å². The molecule has 372 valence electrons. The van der Waals surface area contributed by atoms with E-state index < -0.39 is 92.7 Å². The smallest absolute Gasteiger partial charge is 0.306 e. The number of carbonyl (C=O) groups is 2. The molecule has 15 heteroatoms. The van der Waals surface area contributed by atoms with Crippen molar-refractivity contribution in [2.45, 2.75) is 235 Å². The van der Waals surface area contributed by atoms with Crippen LogP contribution in [0.15, 0.2) is 36.5 Å². The largest absolute Gasteiger partial charge is 0.462 e. The molecule has 2 aliphatic heterocycles. The molecule has 2 aliphatic rings. The number of unbranched alkanes of at least 4 members (excludes halogenated alkanes) is 17. The van der Waals surface area contributed by atoms with Gasteiger partial charge in [0, 0.05) is 12.8 Å². The second-order valence-electron chi connectivity index (χ2n) is 17.3. The standard InChI is InChI=1S/C49H86O15/c1-3-5-7-9-11-13-15-17-18-20-22-24-26-28-30-32-41(52)62-37(34-59-40(51)31-29-27-25-23-21-19-16-14-12-10-8-6-4-2)35-60-48-47(58)45(56)43(54)39(64-48)36-61-49-46(57)44(55)42(53)38(33-50)63-49/h5,7,11,13,17-18,37-39,42-50,53-58H,3-4,6,8-10,12,14-16,19-36H2,1-2H3/b7-5-,13-11-,18-17-/t37-,38-,39-,42+,43-,44-,45+,46-,47-,48-,49+/m1/s1. The van der Waals surface area contributed by atoms with Crippen LogP contribution in [0.5, 0.6) is 0 Å². The molecule has 15 nitrogen and oxygen atoms in total. The van der Waals surface area contributed by atoms with Gasteiger partial charge in [-0.15, -0.1) is 0 Å². The Balaban J connectivity index is 1.84. The lowest BCUT2D eigenvalue weighted by atomic mass is 9.98. The first-order valence-electron chi connectivity index (χ1n) is 24.6. The monoisotopic (exact) mass is 915 g/mol. The van der Waals surface area contributed by atoms with E-state index in [1.807, 2.05) is 0 Å². The average molecular weight is 915 g/mol. The third-order valence-corrected chi connectivity index (χ3v) is 11.6. The highest BCUT2D eigenvalue weighted by atomic mass is 16.7. The van der Waals surface area contributed by atoms with Gasteiger partial charge in [0.1, 0.15) is 55.4 Å². The van der Waals surface area contributed by atoms with E-state index in [0.29, 0.717) is 12.8 Å². The Morgan fingerprint density at radius 3 is 1.55 bits per heavy atom. The topological polar surface area (TPSA) is 231 Å². The number of allylic oxidation sites excluding steroid dienone is 6. The van der Waals surface area contributed by atoms with Gasteiger partial charge in [-0.05, 0) is 44.9 Å². The normalized spacial score (nSPS) is 26.9. The van der Waals surface area contributed by atoms with Crippen LogP contribution in [0, 0.1) is 0 Å². The molecule has 0 bridgehead atoms. The van der Waals surface area contributed by atoms with Crippen LogP contribution < -0.4 is 0 Å². The molecule has 2 rings (SSSR count). The molecule has 2 heterocycles. The van der Waals surface area contributed by atoms with E-state index in [1.54, 1.807) is 0 Å². The predicted molar refractivity (Wildman–Crippen MR) is 243 cm³/mol. The first-order valence-corrected chi connectivity index (χ1v) is 24.6. The Labute approximate surface area is 383 Å². The number of carbonyl (C=O) groups excluding carboxylic acids is 2. The number of esters is 2. The van der Waals surface area contributed by atoms with Gasteiger partial charge in [-0.25, -0.2) is 0 Å². The molecule has 0 aromatic rings. The van der Waals surface area contributed by atoms with Crippen LogP contribution in [-0.4, -0.2) is 142 Å². The van der Waals surface area contributed by atoms with Crippen molar-refractivity contribution < 1.29 is 73.8 Å². The number of ether oxygens (including phenoxy) is 6. The zero-order valence-corrected chi connectivity index (χ0v) is 39.0. The Bertz CT molecular complexity index is 1260. The van der Waals surface area contributed by atoms with Crippen LogP contribution >= 0.6 is 0 Å². The van der Waals surface area contributed by atoms with Crippen molar-refractivity contribution in [2.75, 3.05) is 26.4 Å². The number of aliphatic hydroxyl groups is 7. The molecule has 2 fully saturated rings. The van der Waals surface area contributed by atoms with Gasteiger partial charge in [-0.3, -0.25) is 9.59 Å². The minimum Gasteiger partial charge on any atom is -0.462 e. The van der Waals surface area contributed by atoms with E-state index in [-0.39, 0.29) is 26.1 Å². The van der Waals surface area contributed by atoms with Crippen molar-refractivity contribution in [1.29, 1.82) is 0 Å². The molecule has 0 aliphatic carbocycles. The zero-order valence-electron chi connectivity index (χ0n) is 39.0. The van der Waals surface area contributed by atoms with Crippen LogP contribution in [0.1, 0.15) is 168 Å². The lowest BCUT2D eigenvalue weighted by Gasteiger charge is -2.42. The van der Waals surface area contributed by atoms with Crippen LogP contribution in [0.3, 0.4) is 0 Å². The second kappa shape index (κ2) is 36.8. The van der Waals surface area contributed by atoms with Crippen molar-refractivity contribution in [3.8, 4) is 0 Å². The van der Waals surface area contributed by atoms with E-state index >= 15 is 0 Å². The molecule has 2 saturated heterocycles. The second-order valence-corrected chi connectivity index (χ2v) is 17.3. The number of aliphatic hydroxyl groups excluding tert-OH is 7. The summed E-state index contributed by atoms with van der Waals surface area (Å²) in [7, 11) is 0. The number of hydrogen-bond acceptors (Lipinski definition) is 15. The van der Waals surface area contributed by atoms with Crippen molar-refractivity contribution in [1.82, 2.24) is 0 Å². The van der Waals surface area contributed by atoms with Crippen LogP contribution in [0.2, 0.25) is 0 Å². The Morgan fingerprint density at radius 2 is 0.984 bits per heavy atom. The van der Waals surface area contributed by atoms with Crippen LogP contribution in [0.4, 0.5) is 0 Å². The lowest BCUT2D eigenvalue weighted by molar-refractivity contribution is -0.332. The molecule has 0 unspecified atom stereocenters. The minimum atomic E-state index is -1.77. The fraction of sp³-hybridized carbons (Fsp3) is 0.837. The molecule has 0 aromatic carbocycles. The molecule has 11 atom stereocenters. The highest BCUT2D eigenvalue weighted by Crippen LogP contribution is 2.26. The summed E-state index contributed by atoms with van der Waals surface area (Å²) >= 11 is 0. The molecule has 0 radical (unpaired) electrons. The van der Waals surface area contributed by atoms with Crippen LogP contribution in [-0.2, 0) is 38.0 Å². The van der Waals surface area contributed by atoms with Gasteiger partial charge in [-0.1, -0.05) is 147 Å². The summed E-state index contributed by atoms with van der Waals surface area (Å²) in [6.45, 7) is 2.45. The summed E-state index contributed by atoms with van der Waals surface area (Å²) in [4.78, 5) is 25.7. The Morgan fingerprint density at radius 1 is 0.516 bits per heavy atom. The first kappa shape index (κ1) is 57.8. The summed E-state index contributed by atoms with van der Waals surface area (Å²) < 4.78 is 33.5. The van der Waals surface area contributed by atoms with Crippen molar-refractivity contribution in [3.63, 3.8) is 0 Å². The molecule has 0 saturated carbocycles. The lowest BCUT2D eigenvalue weighted by Crippen LogP contribution is -2.61. The SMILES string of the molecule is CC/C=C\C/C=C\C/C=C\CCCCCCCC(=O)O[C@H](COC(=O)CCCCCCCCCCCCCCC)CO[C@@H]1O[C@H](CO[C@H]2O[C@H](CO)[C@H](O)[C@@H](O)[C@H]2O)[C@@H](O)[C@H](O)[C@H]1O. The Kier molecular flexibility index (Phi) is 33.3. The average Bonchev–Trinajstić information content (AvgIpc) is 3.29. The molecule has 7 N–H and O–H groups in total. The number of hydrogen-bond donors (Lipinski definition) is 7. The highest BCUT2D eigenvalue weighted by Gasteiger charge is 2.47. The van der Waals surface area contributed by atoms with Gasteiger partial charge >= 0.3 is 11.9 Å². The maximum absolute atomic E-state index is 13.0. The quantitative estimate of drug-likeness (QED) is 0.0211. The molecular weight excluding hydrogens is 829 g/mol. The number of rotatable bonds is 37. The van der Waals surface area contributed by atoms with Crippen molar-refractivity contribution in [2.24, 2.45) is 0 Å². The summed E-state index contributed by atoms with van der Waals surface area (Å²) in [6, 6.07) is 0. The predicted octanol–water partition coefficient (Wildman–Crippen LogP) is 6.15. The summed E-state index contributed by atoms with van der Waals surface area (Å²) in [5, 5.41) is 72.0. The molecular formula is C49H86O15. The van der Waals surface area contributed by atoms with E-state index in [1.165, 1.54) is 57.8 Å². The Hall–Kier alpha value is -2.28. The molecule has 0 aromatic heterocycles. The maximum atomic E-state index is 13.0. The van der Waals surface area contributed by atoms with Crippen LogP contribution in [0.25, 0.3) is 0 Å². The van der Waals surface area contributed by atoms with Gasteiger partial charge in [0.2, 0.25) is 0 Å². The van der Waals surface area contributed by atoms with Gasteiger partial charge < -0.3 is 64.2 Å². The highest BCUT2D eigenvalue weighted by molar-refractivity contribution is 5.70. The van der Waals surface area contributed by atoms with Gasteiger partial charge in [0.25, 0.3) is 0 Å². The fourth-order valence-corrected chi connectivity index (χ4v) is 7.58. The van der Waals surface area contributed by atoms with Gasteiger partial charge in [-0.2, -0.15) is 0 Å². The third-order valence-electron chi connectivity index (χ3n) is 11.6. The summed E-state index contributed by atoms with van der Waals surface area (Å²) in [5.74, 6) is -0.943. The van der Waals surface area contributed by atoms with Gasteiger partial charge in [0.05, 0.1) is 19.8 Å². The minimum absolute atomic E-state index is 0.147. The van der Waals surface area contributed by atoms with E-state index in [0.717, 1.165) is 70.6 Å². The maximum Gasteiger partial charge on any atom is 0.306 e. The summed E-state index contributed by atoms with van der Waals surface area (Å²) in [6.07, 6.45) is 20.3. The fourth-order valence-electron chi connectivity index (χ4n) is 7.58. The third kappa shape index (κ3) is 25.0. The molecule has 0 amide bonds. The zero-order chi connectivity index (χ0) is 46.8. The van der Waals surface area contributed by atoms with E-state index in [9.17, 15) is 45.3 Å². The first-order chi connectivity index (χ1) is 31.0. The van der Waals surface area contributed by atoms with Gasteiger partial charge in [0.15, 0.2) is 18.7 Å². The molecule has 0 spiro atoms.